The van der Waals surface area contributed by atoms with Crippen LogP contribution in [0.3, 0.4) is 0 Å². The normalized spacial score (nSPS) is 10.0. The predicted octanol–water partition coefficient (Wildman–Crippen LogP) is 1.73. The molecule has 0 radical (unpaired) electrons. The first-order valence-electron chi connectivity index (χ1n) is 6.59. The summed E-state index contributed by atoms with van der Waals surface area (Å²) in [7, 11) is 0. The van der Waals surface area contributed by atoms with Gasteiger partial charge in [-0.25, -0.2) is 4.79 Å². The van der Waals surface area contributed by atoms with Crippen molar-refractivity contribution in [3.8, 4) is 5.75 Å². The summed E-state index contributed by atoms with van der Waals surface area (Å²) in [6.45, 7) is 5.98. The molecule has 0 atom stereocenters. The molecule has 0 aliphatic rings. The van der Waals surface area contributed by atoms with Gasteiger partial charge in [-0.1, -0.05) is 12.1 Å². The predicted molar refractivity (Wildman–Crippen MR) is 77.9 cm³/mol. The number of para-hydroxylation sites is 2. The van der Waals surface area contributed by atoms with Crippen LogP contribution in [0.1, 0.15) is 20.8 Å². The number of urea groups is 1. The summed E-state index contributed by atoms with van der Waals surface area (Å²) in [5.41, 5.74) is 0.588. The average Bonchev–Trinajstić information content (AvgIpc) is 2.38. The minimum absolute atomic E-state index is 0.0248. The fraction of sp³-hybridized carbons (Fsp3) is 0.429. The first-order valence-corrected chi connectivity index (χ1v) is 6.59. The standard InChI is InChI=1S/C14H21N3O3/c1-4-20-12-8-6-5-7-11(12)17-13(18)9-15-14(19)16-10(2)3/h5-8,10H,4,9H2,1-3H3,(H,17,18)(H2,15,16,19). The molecule has 3 amide bonds. The van der Waals surface area contributed by atoms with Crippen LogP contribution in [-0.2, 0) is 4.79 Å². The molecule has 0 bridgehead atoms. The third-order valence-corrected chi connectivity index (χ3v) is 2.29. The van der Waals surface area contributed by atoms with Crippen molar-refractivity contribution in [3.05, 3.63) is 24.3 Å². The quantitative estimate of drug-likeness (QED) is 0.742. The topological polar surface area (TPSA) is 79.5 Å². The molecule has 1 aromatic rings. The Bertz CT molecular complexity index is 461. The van der Waals surface area contributed by atoms with Crippen LogP contribution in [0, 0.1) is 0 Å². The second kappa shape index (κ2) is 8.04. The van der Waals surface area contributed by atoms with Crippen molar-refractivity contribution in [2.75, 3.05) is 18.5 Å². The summed E-state index contributed by atoms with van der Waals surface area (Å²) < 4.78 is 5.40. The number of carbonyl (C=O) groups excluding carboxylic acids is 2. The average molecular weight is 279 g/mol. The van der Waals surface area contributed by atoms with E-state index in [1.54, 1.807) is 18.2 Å². The van der Waals surface area contributed by atoms with E-state index in [1.165, 1.54) is 0 Å². The Hall–Kier alpha value is -2.24. The van der Waals surface area contributed by atoms with E-state index in [-0.39, 0.29) is 24.5 Å². The van der Waals surface area contributed by atoms with Crippen LogP contribution in [0.4, 0.5) is 10.5 Å². The molecule has 20 heavy (non-hydrogen) atoms. The summed E-state index contributed by atoms with van der Waals surface area (Å²) in [6.07, 6.45) is 0. The zero-order valence-electron chi connectivity index (χ0n) is 12.0. The van der Waals surface area contributed by atoms with Crippen LogP contribution in [0.15, 0.2) is 24.3 Å². The maximum absolute atomic E-state index is 11.8. The van der Waals surface area contributed by atoms with E-state index in [0.29, 0.717) is 18.0 Å². The molecule has 3 N–H and O–H groups in total. The Kier molecular flexibility index (Phi) is 6.36. The summed E-state index contributed by atoms with van der Waals surface area (Å²) in [4.78, 5) is 23.1. The Balaban J connectivity index is 2.48. The molecule has 110 valence electrons. The fourth-order valence-electron chi connectivity index (χ4n) is 1.52. The summed E-state index contributed by atoms with van der Waals surface area (Å²) >= 11 is 0. The number of amides is 3. The van der Waals surface area contributed by atoms with Gasteiger partial charge >= 0.3 is 6.03 Å². The van der Waals surface area contributed by atoms with Gasteiger partial charge in [0.1, 0.15) is 5.75 Å². The van der Waals surface area contributed by atoms with E-state index in [1.807, 2.05) is 26.8 Å². The van der Waals surface area contributed by atoms with Gasteiger partial charge in [-0.15, -0.1) is 0 Å². The fourth-order valence-corrected chi connectivity index (χ4v) is 1.52. The Morgan fingerprint density at radius 2 is 1.95 bits per heavy atom. The van der Waals surface area contributed by atoms with E-state index in [4.69, 9.17) is 4.74 Å². The molecule has 0 aliphatic heterocycles. The Labute approximate surface area is 118 Å². The van der Waals surface area contributed by atoms with Gasteiger partial charge in [0.25, 0.3) is 0 Å². The molecule has 0 saturated heterocycles. The van der Waals surface area contributed by atoms with Gasteiger partial charge in [0.05, 0.1) is 18.8 Å². The zero-order chi connectivity index (χ0) is 15.0. The van der Waals surface area contributed by atoms with Gasteiger partial charge in [-0.2, -0.15) is 0 Å². The smallest absolute Gasteiger partial charge is 0.315 e. The number of carbonyl (C=O) groups is 2. The molecular weight excluding hydrogens is 258 g/mol. The lowest BCUT2D eigenvalue weighted by atomic mass is 10.3. The van der Waals surface area contributed by atoms with Crippen LogP contribution in [0.5, 0.6) is 5.75 Å². The molecule has 0 unspecified atom stereocenters. The van der Waals surface area contributed by atoms with Crippen LogP contribution >= 0.6 is 0 Å². The van der Waals surface area contributed by atoms with Crippen molar-refractivity contribution in [2.24, 2.45) is 0 Å². The second-order valence-corrected chi connectivity index (χ2v) is 4.46. The lowest BCUT2D eigenvalue weighted by molar-refractivity contribution is -0.115. The molecule has 6 nitrogen and oxygen atoms in total. The molecule has 1 aromatic carbocycles. The van der Waals surface area contributed by atoms with Crippen LogP contribution < -0.4 is 20.7 Å². The second-order valence-electron chi connectivity index (χ2n) is 4.46. The van der Waals surface area contributed by atoms with Crippen LogP contribution in [0.25, 0.3) is 0 Å². The Morgan fingerprint density at radius 1 is 1.25 bits per heavy atom. The zero-order valence-corrected chi connectivity index (χ0v) is 12.0. The van der Waals surface area contributed by atoms with Gasteiger partial charge in [-0.3, -0.25) is 4.79 Å². The molecule has 0 spiro atoms. The van der Waals surface area contributed by atoms with Gasteiger partial charge in [0, 0.05) is 6.04 Å². The Morgan fingerprint density at radius 3 is 2.60 bits per heavy atom. The molecule has 0 heterocycles. The number of benzene rings is 1. The molecule has 0 aliphatic carbocycles. The highest BCUT2D eigenvalue weighted by atomic mass is 16.5. The number of hydrogen-bond donors (Lipinski definition) is 3. The lowest BCUT2D eigenvalue weighted by Crippen LogP contribution is -2.42. The first-order chi connectivity index (χ1) is 9.52. The monoisotopic (exact) mass is 279 g/mol. The minimum Gasteiger partial charge on any atom is -0.492 e. The van der Waals surface area contributed by atoms with Crippen molar-refractivity contribution < 1.29 is 14.3 Å². The summed E-state index contributed by atoms with van der Waals surface area (Å²) in [6, 6.07) is 6.81. The number of ether oxygens (including phenoxy) is 1. The molecule has 0 fully saturated rings. The third-order valence-electron chi connectivity index (χ3n) is 2.29. The molecular formula is C14H21N3O3. The molecule has 6 heteroatoms. The molecule has 0 aromatic heterocycles. The molecule has 1 rings (SSSR count). The first kappa shape index (κ1) is 15.8. The van der Waals surface area contributed by atoms with Crippen LogP contribution in [0.2, 0.25) is 0 Å². The maximum atomic E-state index is 11.8. The van der Waals surface area contributed by atoms with E-state index in [9.17, 15) is 9.59 Å². The minimum atomic E-state index is -0.367. The highest BCUT2D eigenvalue weighted by molar-refractivity contribution is 5.95. The van der Waals surface area contributed by atoms with Gasteiger partial charge in [-0.05, 0) is 32.9 Å². The lowest BCUT2D eigenvalue weighted by Gasteiger charge is -2.12. The van der Waals surface area contributed by atoms with Crippen molar-refractivity contribution in [1.82, 2.24) is 10.6 Å². The SMILES string of the molecule is CCOc1ccccc1NC(=O)CNC(=O)NC(C)C. The van der Waals surface area contributed by atoms with Crippen molar-refractivity contribution >= 4 is 17.6 Å². The van der Waals surface area contributed by atoms with Crippen molar-refractivity contribution in [1.29, 1.82) is 0 Å². The maximum Gasteiger partial charge on any atom is 0.315 e. The van der Waals surface area contributed by atoms with E-state index in [0.717, 1.165) is 0 Å². The summed E-state index contributed by atoms with van der Waals surface area (Å²) in [5, 5.41) is 7.82. The van der Waals surface area contributed by atoms with Crippen molar-refractivity contribution in [3.63, 3.8) is 0 Å². The van der Waals surface area contributed by atoms with Gasteiger partial charge in [0.15, 0.2) is 0 Å². The third kappa shape index (κ3) is 5.60. The van der Waals surface area contributed by atoms with Gasteiger partial charge in [0.2, 0.25) is 5.91 Å². The number of rotatable bonds is 6. The van der Waals surface area contributed by atoms with Crippen molar-refractivity contribution in [2.45, 2.75) is 26.8 Å². The van der Waals surface area contributed by atoms with Crippen LogP contribution in [-0.4, -0.2) is 31.1 Å². The van der Waals surface area contributed by atoms with Gasteiger partial charge < -0.3 is 20.7 Å². The van der Waals surface area contributed by atoms with E-state index >= 15 is 0 Å². The highest BCUT2D eigenvalue weighted by Gasteiger charge is 2.09. The largest absolute Gasteiger partial charge is 0.492 e. The number of nitrogens with one attached hydrogen (secondary N) is 3. The number of hydrogen-bond acceptors (Lipinski definition) is 3. The van der Waals surface area contributed by atoms with E-state index in [2.05, 4.69) is 16.0 Å². The molecule has 0 saturated carbocycles. The number of anilines is 1. The highest BCUT2D eigenvalue weighted by Crippen LogP contribution is 2.23. The summed E-state index contributed by atoms with van der Waals surface area (Å²) in [5.74, 6) is 0.297. The van der Waals surface area contributed by atoms with E-state index < -0.39 is 0 Å².